The quantitative estimate of drug-likeness (QED) is 0.429. The van der Waals surface area contributed by atoms with Crippen LogP contribution in [0.3, 0.4) is 0 Å². The number of ketones is 1. The first-order chi connectivity index (χ1) is 10.5. The van der Waals surface area contributed by atoms with E-state index in [4.69, 9.17) is 0 Å². The maximum Gasteiger partial charge on any atom is 0.289 e. The van der Waals surface area contributed by atoms with Gasteiger partial charge in [0.25, 0.3) is 5.91 Å². The molecular weight excluding hydrogens is 280 g/mol. The van der Waals surface area contributed by atoms with Crippen molar-refractivity contribution < 1.29 is 14.4 Å². The summed E-state index contributed by atoms with van der Waals surface area (Å²) in [4.78, 5) is 36.2. The van der Waals surface area contributed by atoms with Crippen molar-refractivity contribution in [2.45, 2.75) is 78.7 Å². The highest BCUT2D eigenvalue weighted by Crippen LogP contribution is 2.09. The molecular formula is C17H32N2O3. The Labute approximate surface area is 134 Å². The van der Waals surface area contributed by atoms with Crippen LogP contribution >= 0.6 is 0 Å². The van der Waals surface area contributed by atoms with Gasteiger partial charge in [0.1, 0.15) is 0 Å². The first kappa shape index (κ1) is 20.6. The van der Waals surface area contributed by atoms with E-state index in [0.717, 1.165) is 38.5 Å². The minimum absolute atomic E-state index is 0.134. The number of amides is 2. The summed E-state index contributed by atoms with van der Waals surface area (Å²) in [6.45, 7) is 8.35. The summed E-state index contributed by atoms with van der Waals surface area (Å²) in [6, 6.07) is -0.699. The summed E-state index contributed by atoms with van der Waals surface area (Å²) in [5, 5.41) is 5.36. The monoisotopic (exact) mass is 312 g/mol. The molecule has 5 heteroatoms. The fraction of sp³-hybridized carbons (Fsp3) is 0.824. The van der Waals surface area contributed by atoms with Gasteiger partial charge in [0.05, 0.1) is 6.04 Å². The number of carbonyl (C=O) groups is 3. The van der Waals surface area contributed by atoms with Crippen LogP contribution in [0.15, 0.2) is 0 Å². The van der Waals surface area contributed by atoms with Crippen molar-refractivity contribution in [1.82, 2.24) is 10.6 Å². The second-order valence-electron chi connectivity index (χ2n) is 5.87. The average molecular weight is 312 g/mol. The van der Waals surface area contributed by atoms with Crippen molar-refractivity contribution in [2.75, 3.05) is 6.54 Å². The maximum atomic E-state index is 12.2. The fourth-order valence-electron chi connectivity index (χ4n) is 2.23. The lowest BCUT2D eigenvalue weighted by Gasteiger charge is -2.19. The molecule has 2 amide bonds. The molecule has 0 aromatic heterocycles. The van der Waals surface area contributed by atoms with Crippen LogP contribution in [0.1, 0.15) is 72.6 Å². The second-order valence-corrected chi connectivity index (χ2v) is 5.87. The van der Waals surface area contributed by atoms with Gasteiger partial charge in [-0.15, -0.1) is 0 Å². The SMILES string of the molecule is CCCCC[C@H](NC(=O)[C@@H](C)CCC)C(=O)C(=O)NCCC. The molecule has 0 aliphatic heterocycles. The Kier molecular flexibility index (Phi) is 11.4. The van der Waals surface area contributed by atoms with Crippen molar-refractivity contribution in [3.63, 3.8) is 0 Å². The van der Waals surface area contributed by atoms with Gasteiger partial charge in [-0.2, -0.15) is 0 Å². The molecule has 0 heterocycles. The molecule has 0 aliphatic rings. The zero-order valence-corrected chi connectivity index (χ0v) is 14.5. The van der Waals surface area contributed by atoms with Crippen molar-refractivity contribution in [2.24, 2.45) is 5.92 Å². The van der Waals surface area contributed by atoms with Crippen LogP contribution in [0.25, 0.3) is 0 Å². The summed E-state index contributed by atoms with van der Waals surface area (Å²) < 4.78 is 0. The third-order valence-corrected chi connectivity index (χ3v) is 3.66. The van der Waals surface area contributed by atoms with Crippen LogP contribution < -0.4 is 10.6 Å². The first-order valence-corrected chi connectivity index (χ1v) is 8.60. The molecule has 0 bridgehead atoms. The molecule has 128 valence electrons. The van der Waals surface area contributed by atoms with E-state index in [1.54, 1.807) is 0 Å². The normalized spacial score (nSPS) is 13.3. The summed E-state index contributed by atoms with van der Waals surface area (Å²) in [5.41, 5.74) is 0. The Morgan fingerprint density at radius 1 is 0.909 bits per heavy atom. The molecule has 22 heavy (non-hydrogen) atoms. The molecule has 0 rings (SSSR count). The lowest BCUT2D eigenvalue weighted by molar-refractivity contribution is -0.140. The van der Waals surface area contributed by atoms with Crippen LogP contribution in [0, 0.1) is 5.92 Å². The van der Waals surface area contributed by atoms with E-state index < -0.39 is 17.7 Å². The molecule has 0 saturated heterocycles. The highest BCUT2D eigenvalue weighted by atomic mass is 16.2. The molecule has 2 N–H and O–H groups in total. The number of nitrogens with one attached hydrogen (secondary N) is 2. The van der Waals surface area contributed by atoms with Gasteiger partial charge >= 0.3 is 0 Å². The zero-order chi connectivity index (χ0) is 17.0. The van der Waals surface area contributed by atoms with Crippen LogP contribution in [0.5, 0.6) is 0 Å². The predicted octanol–water partition coefficient (Wildman–Crippen LogP) is 2.58. The average Bonchev–Trinajstić information content (AvgIpc) is 2.51. The third-order valence-electron chi connectivity index (χ3n) is 3.66. The van der Waals surface area contributed by atoms with Crippen molar-refractivity contribution in [3.05, 3.63) is 0 Å². The lowest BCUT2D eigenvalue weighted by atomic mass is 10.0. The van der Waals surface area contributed by atoms with E-state index in [1.807, 2.05) is 20.8 Å². The van der Waals surface area contributed by atoms with Gasteiger partial charge in [0.2, 0.25) is 11.7 Å². The first-order valence-electron chi connectivity index (χ1n) is 8.60. The van der Waals surface area contributed by atoms with Gasteiger partial charge in [-0.05, 0) is 19.3 Å². The number of Topliss-reactive ketones (excluding diaryl/α,β-unsaturated/α-hetero) is 1. The van der Waals surface area contributed by atoms with Crippen molar-refractivity contribution in [3.8, 4) is 0 Å². The van der Waals surface area contributed by atoms with E-state index in [9.17, 15) is 14.4 Å². The van der Waals surface area contributed by atoms with Crippen LogP contribution in [-0.4, -0.2) is 30.2 Å². The number of unbranched alkanes of at least 4 members (excludes halogenated alkanes) is 2. The Morgan fingerprint density at radius 3 is 2.14 bits per heavy atom. The van der Waals surface area contributed by atoms with Gasteiger partial charge in [0, 0.05) is 12.5 Å². The largest absolute Gasteiger partial charge is 0.349 e. The van der Waals surface area contributed by atoms with Gasteiger partial charge in [-0.3, -0.25) is 14.4 Å². The van der Waals surface area contributed by atoms with Gasteiger partial charge in [-0.25, -0.2) is 0 Å². The molecule has 2 atom stereocenters. The molecule has 0 fully saturated rings. The van der Waals surface area contributed by atoms with Crippen LogP contribution in [0.4, 0.5) is 0 Å². The topological polar surface area (TPSA) is 75.3 Å². The molecule has 0 aliphatic carbocycles. The fourth-order valence-corrected chi connectivity index (χ4v) is 2.23. The van der Waals surface area contributed by atoms with Crippen LogP contribution in [0.2, 0.25) is 0 Å². The third kappa shape index (κ3) is 8.15. The van der Waals surface area contributed by atoms with Gasteiger partial charge in [-0.1, -0.05) is 53.4 Å². The maximum absolute atomic E-state index is 12.2. The van der Waals surface area contributed by atoms with Crippen LogP contribution in [-0.2, 0) is 14.4 Å². The predicted molar refractivity (Wildman–Crippen MR) is 88.5 cm³/mol. The van der Waals surface area contributed by atoms with E-state index >= 15 is 0 Å². The zero-order valence-electron chi connectivity index (χ0n) is 14.5. The molecule has 0 radical (unpaired) electrons. The Balaban J connectivity index is 4.69. The van der Waals surface area contributed by atoms with E-state index in [0.29, 0.717) is 13.0 Å². The highest BCUT2D eigenvalue weighted by Gasteiger charge is 2.27. The standard InChI is InChI=1S/C17H32N2O3/c1-5-8-9-11-14(15(20)17(22)18-12-7-3)19-16(21)13(4)10-6-2/h13-14H,5-12H2,1-4H3,(H,18,22)(H,19,21)/t13-,14-/m0/s1. The van der Waals surface area contributed by atoms with Gasteiger partial charge in [0.15, 0.2) is 0 Å². The number of carbonyl (C=O) groups excluding carboxylic acids is 3. The van der Waals surface area contributed by atoms with Crippen molar-refractivity contribution >= 4 is 17.6 Å². The molecule has 5 nitrogen and oxygen atoms in total. The number of hydrogen-bond acceptors (Lipinski definition) is 3. The number of hydrogen-bond donors (Lipinski definition) is 2. The highest BCUT2D eigenvalue weighted by molar-refractivity contribution is 6.38. The minimum atomic E-state index is -0.699. The summed E-state index contributed by atoms with van der Waals surface area (Å²) in [6.07, 6.45) is 5.85. The van der Waals surface area contributed by atoms with E-state index in [-0.39, 0.29) is 11.8 Å². The van der Waals surface area contributed by atoms with E-state index in [1.165, 1.54) is 0 Å². The molecule has 0 saturated carbocycles. The van der Waals surface area contributed by atoms with Gasteiger partial charge < -0.3 is 10.6 Å². The Morgan fingerprint density at radius 2 is 1.59 bits per heavy atom. The summed E-state index contributed by atoms with van der Waals surface area (Å²) >= 11 is 0. The van der Waals surface area contributed by atoms with E-state index in [2.05, 4.69) is 17.6 Å². The molecule has 0 unspecified atom stereocenters. The summed E-state index contributed by atoms with van der Waals surface area (Å²) in [5.74, 6) is -1.39. The summed E-state index contributed by atoms with van der Waals surface area (Å²) in [7, 11) is 0. The molecule has 0 aromatic carbocycles. The second kappa shape index (κ2) is 12.2. The smallest absolute Gasteiger partial charge is 0.289 e. The van der Waals surface area contributed by atoms with Crippen molar-refractivity contribution in [1.29, 1.82) is 0 Å². The lowest BCUT2D eigenvalue weighted by Crippen LogP contribution is -2.48. The Bertz CT molecular complexity index is 356. The molecule has 0 aromatic rings. The Hall–Kier alpha value is -1.39. The molecule has 0 spiro atoms. The number of rotatable bonds is 12. The minimum Gasteiger partial charge on any atom is -0.349 e.